The van der Waals surface area contributed by atoms with Gasteiger partial charge >= 0.3 is 0 Å². The number of aromatic nitrogens is 8. The summed E-state index contributed by atoms with van der Waals surface area (Å²) in [7, 11) is 0. The van der Waals surface area contributed by atoms with Crippen LogP contribution in [-0.4, -0.2) is 46.0 Å². The Labute approximate surface area is 227 Å². The molecule has 0 spiro atoms. The van der Waals surface area contributed by atoms with Gasteiger partial charge in [0.15, 0.2) is 11.5 Å². The van der Waals surface area contributed by atoms with Crippen molar-refractivity contribution in [1.82, 2.24) is 40.1 Å². The number of pyridine rings is 4. The van der Waals surface area contributed by atoms with Gasteiger partial charge in [-0.3, -0.25) is 24.8 Å². The molecule has 11 heteroatoms. The minimum atomic E-state index is -0.516. The largest absolute Gasteiger partial charge is 0.336 e. The molecule has 198 valence electrons. The van der Waals surface area contributed by atoms with Crippen molar-refractivity contribution in [3.63, 3.8) is 0 Å². The Balaban J connectivity index is 1.26. The maximum absolute atomic E-state index is 16.1. The van der Waals surface area contributed by atoms with Crippen LogP contribution in [0.4, 0.5) is 10.1 Å². The van der Waals surface area contributed by atoms with Crippen LogP contribution < -0.4 is 5.32 Å². The normalized spacial score (nSPS) is 14.1. The summed E-state index contributed by atoms with van der Waals surface area (Å²) in [6.45, 7) is 0. The van der Waals surface area contributed by atoms with Crippen molar-refractivity contribution in [2.24, 2.45) is 5.92 Å². The van der Waals surface area contributed by atoms with Gasteiger partial charge in [0.05, 0.1) is 28.5 Å². The zero-order valence-electron chi connectivity index (χ0n) is 21.4. The second-order valence-electron chi connectivity index (χ2n) is 9.95. The number of nitrogens with one attached hydrogen (secondary N) is 3. The van der Waals surface area contributed by atoms with E-state index in [0.717, 1.165) is 36.8 Å². The third-order valence-electron chi connectivity index (χ3n) is 7.38. The van der Waals surface area contributed by atoms with Crippen LogP contribution in [0.15, 0.2) is 61.4 Å². The lowest BCUT2D eigenvalue weighted by atomic mass is 9.88. The number of nitrogens with zero attached hydrogens (tertiary/aromatic N) is 6. The number of carbonyl (C=O) groups is 1. The van der Waals surface area contributed by atoms with Crippen molar-refractivity contribution in [1.29, 1.82) is 0 Å². The Hall–Kier alpha value is -5.06. The lowest BCUT2D eigenvalue weighted by Crippen LogP contribution is -2.24. The van der Waals surface area contributed by atoms with Gasteiger partial charge < -0.3 is 10.3 Å². The molecule has 1 fully saturated rings. The van der Waals surface area contributed by atoms with Crippen LogP contribution in [0.2, 0.25) is 0 Å². The number of H-pyrrole nitrogens is 2. The Morgan fingerprint density at radius 1 is 0.950 bits per heavy atom. The summed E-state index contributed by atoms with van der Waals surface area (Å²) in [5.41, 5.74) is 4.67. The number of fused-ring (bicyclic) bond motifs is 2. The van der Waals surface area contributed by atoms with E-state index in [9.17, 15) is 4.79 Å². The van der Waals surface area contributed by atoms with Crippen molar-refractivity contribution in [2.75, 3.05) is 5.32 Å². The van der Waals surface area contributed by atoms with E-state index >= 15 is 4.39 Å². The molecule has 10 nitrogen and oxygen atoms in total. The monoisotopic (exact) mass is 533 g/mol. The fraction of sp³-hybridized carbons (Fsp3) is 0.207. The number of amides is 1. The fourth-order valence-electron chi connectivity index (χ4n) is 5.35. The Morgan fingerprint density at radius 3 is 2.67 bits per heavy atom. The number of imidazole rings is 1. The van der Waals surface area contributed by atoms with Crippen LogP contribution in [0.25, 0.3) is 56.0 Å². The molecular weight excluding hydrogens is 509 g/mol. The highest BCUT2D eigenvalue weighted by Gasteiger charge is 2.23. The highest BCUT2D eigenvalue weighted by Crippen LogP contribution is 2.34. The summed E-state index contributed by atoms with van der Waals surface area (Å²) in [5.74, 6) is -0.158. The van der Waals surface area contributed by atoms with Gasteiger partial charge in [0.1, 0.15) is 17.0 Å². The van der Waals surface area contributed by atoms with E-state index in [1.54, 1.807) is 43.1 Å². The van der Waals surface area contributed by atoms with E-state index in [-0.39, 0.29) is 28.4 Å². The molecule has 3 N–H and O–H groups in total. The van der Waals surface area contributed by atoms with E-state index < -0.39 is 5.82 Å². The topological polar surface area (TPSA) is 138 Å². The molecule has 1 saturated carbocycles. The predicted octanol–water partition coefficient (Wildman–Crippen LogP) is 5.68. The van der Waals surface area contributed by atoms with Gasteiger partial charge in [0.25, 0.3) is 0 Å². The van der Waals surface area contributed by atoms with E-state index in [1.165, 1.54) is 12.6 Å². The molecule has 0 aliphatic heterocycles. The number of rotatable bonds is 5. The molecule has 7 rings (SSSR count). The first-order chi connectivity index (χ1) is 19.7. The van der Waals surface area contributed by atoms with Gasteiger partial charge in [-0.25, -0.2) is 14.4 Å². The van der Waals surface area contributed by atoms with Crippen LogP contribution in [0.1, 0.15) is 32.1 Å². The fourth-order valence-corrected chi connectivity index (χ4v) is 5.35. The molecule has 0 saturated heterocycles. The molecule has 6 aromatic heterocycles. The molecule has 40 heavy (non-hydrogen) atoms. The van der Waals surface area contributed by atoms with Gasteiger partial charge in [-0.05, 0) is 37.1 Å². The summed E-state index contributed by atoms with van der Waals surface area (Å²) in [6, 6.07) is 7.26. The number of hydrogen-bond acceptors (Lipinski definition) is 7. The number of halogens is 1. The third kappa shape index (κ3) is 4.25. The van der Waals surface area contributed by atoms with Crippen LogP contribution in [0.3, 0.4) is 0 Å². The lowest BCUT2D eigenvalue weighted by Gasteiger charge is -2.20. The maximum Gasteiger partial charge on any atom is 0.227 e. The van der Waals surface area contributed by atoms with E-state index in [0.29, 0.717) is 34.0 Å². The minimum Gasteiger partial charge on any atom is -0.336 e. The van der Waals surface area contributed by atoms with Crippen molar-refractivity contribution in [2.45, 2.75) is 32.1 Å². The summed E-state index contributed by atoms with van der Waals surface area (Å²) in [4.78, 5) is 38.1. The molecule has 1 aliphatic rings. The molecule has 1 aliphatic carbocycles. The molecule has 1 amide bonds. The first kappa shape index (κ1) is 24.0. The van der Waals surface area contributed by atoms with Gasteiger partial charge in [0, 0.05) is 53.6 Å². The van der Waals surface area contributed by atoms with Crippen molar-refractivity contribution < 1.29 is 9.18 Å². The quantitative estimate of drug-likeness (QED) is 0.259. The summed E-state index contributed by atoms with van der Waals surface area (Å²) < 4.78 is 16.1. The Kier molecular flexibility index (Phi) is 5.95. The molecule has 6 heterocycles. The SMILES string of the molecule is O=C(Nc1cncc(-c2cnc3[nH]nc(-c4nc5c(-c6cccnc6)nccc5[nH]4)c3c2F)c1)C1CCCCC1. The second kappa shape index (κ2) is 9.92. The van der Waals surface area contributed by atoms with Crippen LogP contribution in [-0.2, 0) is 4.79 Å². The van der Waals surface area contributed by atoms with Crippen molar-refractivity contribution in [3.8, 4) is 33.9 Å². The zero-order chi connectivity index (χ0) is 27.1. The van der Waals surface area contributed by atoms with Crippen molar-refractivity contribution in [3.05, 3.63) is 67.3 Å². The van der Waals surface area contributed by atoms with Gasteiger partial charge in [-0.2, -0.15) is 5.10 Å². The molecule has 0 radical (unpaired) electrons. The molecule has 0 unspecified atom stereocenters. The predicted molar refractivity (Wildman–Crippen MR) is 148 cm³/mol. The average molecular weight is 534 g/mol. The lowest BCUT2D eigenvalue weighted by molar-refractivity contribution is -0.120. The minimum absolute atomic E-state index is 0.00155. The molecule has 0 bridgehead atoms. The highest BCUT2D eigenvalue weighted by molar-refractivity contribution is 5.97. The number of hydrogen-bond donors (Lipinski definition) is 3. The zero-order valence-corrected chi connectivity index (χ0v) is 21.4. The molecular formula is C29H24FN9O. The van der Waals surface area contributed by atoms with Crippen LogP contribution >= 0.6 is 0 Å². The average Bonchev–Trinajstić information content (AvgIpc) is 3.63. The molecule has 0 aromatic carbocycles. The number of aromatic amines is 2. The van der Waals surface area contributed by atoms with Crippen molar-refractivity contribution >= 4 is 33.7 Å². The highest BCUT2D eigenvalue weighted by atomic mass is 19.1. The first-order valence-corrected chi connectivity index (χ1v) is 13.2. The Morgan fingerprint density at radius 2 is 1.82 bits per heavy atom. The first-order valence-electron chi connectivity index (χ1n) is 13.2. The standard InChI is InChI=1S/C29H24FN9O/c30-23-20(18-11-19(14-32-13-18)35-29(40)16-5-2-1-3-6-16)15-34-27-22(23)26(38-39-27)28-36-21-8-10-33-24(25(21)37-28)17-7-4-9-31-12-17/h4,7-16H,1-3,5-6H2,(H,35,40)(H,36,37)(H,34,38,39). The number of anilines is 1. The summed E-state index contributed by atoms with van der Waals surface area (Å²) in [5, 5.41) is 10.3. The van der Waals surface area contributed by atoms with E-state index in [1.807, 2.05) is 12.1 Å². The van der Waals surface area contributed by atoms with E-state index in [2.05, 4.69) is 40.4 Å². The molecule has 6 aromatic rings. The van der Waals surface area contributed by atoms with Gasteiger partial charge in [-0.15, -0.1) is 0 Å². The number of carbonyl (C=O) groups excluding carboxylic acids is 1. The van der Waals surface area contributed by atoms with Gasteiger partial charge in [-0.1, -0.05) is 19.3 Å². The smallest absolute Gasteiger partial charge is 0.227 e. The van der Waals surface area contributed by atoms with Gasteiger partial charge in [0.2, 0.25) is 5.91 Å². The Bertz CT molecular complexity index is 1860. The van der Waals surface area contributed by atoms with E-state index in [4.69, 9.17) is 4.98 Å². The molecule has 0 atom stereocenters. The maximum atomic E-state index is 16.1. The second-order valence-corrected chi connectivity index (χ2v) is 9.95. The summed E-state index contributed by atoms with van der Waals surface area (Å²) in [6.07, 6.45) is 14.7. The third-order valence-corrected chi connectivity index (χ3v) is 7.38. The van der Waals surface area contributed by atoms with Crippen LogP contribution in [0.5, 0.6) is 0 Å². The van der Waals surface area contributed by atoms with Crippen LogP contribution in [0, 0.1) is 11.7 Å². The summed E-state index contributed by atoms with van der Waals surface area (Å²) >= 11 is 0.